The highest BCUT2D eigenvalue weighted by molar-refractivity contribution is 5.41. The molecule has 2 aromatic rings. The molecule has 0 saturated carbocycles. The Morgan fingerprint density at radius 2 is 1.76 bits per heavy atom. The van der Waals surface area contributed by atoms with Crippen molar-refractivity contribution in [2.45, 2.75) is 52.2 Å². The van der Waals surface area contributed by atoms with E-state index in [0.717, 1.165) is 5.75 Å². The Kier molecular flexibility index (Phi) is 6.63. The van der Waals surface area contributed by atoms with Gasteiger partial charge in [-0.05, 0) is 36.5 Å². The van der Waals surface area contributed by atoms with Crippen molar-refractivity contribution in [1.29, 1.82) is 0 Å². The van der Waals surface area contributed by atoms with Crippen LogP contribution in [0.2, 0.25) is 0 Å². The lowest BCUT2D eigenvalue weighted by atomic mass is 9.85. The van der Waals surface area contributed by atoms with Crippen LogP contribution in [0.1, 0.15) is 50.4 Å². The van der Waals surface area contributed by atoms with Crippen molar-refractivity contribution in [3.8, 4) is 5.75 Å². The molecule has 0 aliphatic heterocycles. The van der Waals surface area contributed by atoms with Gasteiger partial charge in [0.15, 0.2) is 0 Å². The minimum atomic E-state index is -0.555. The molecule has 0 aliphatic carbocycles. The third-order valence-corrected chi connectivity index (χ3v) is 4.33. The number of hydrogen-bond acceptors (Lipinski definition) is 3. The van der Waals surface area contributed by atoms with E-state index in [1.807, 2.05) is 30.3 Å². The second-order valence-electron chi connectivity index (χ2n) is 7.76. The molecule has 2 N–H and O–H groups in total. The molecular formula is C22H31NO2. The molecule has 0 unspecified atom stereocenters. The largest absolute Gasteiger partial charge is 0.491 e. The zero-order valence-electron chi connectivity index (χ0n) is 16.0. The number of aryl methyl sites for hydroxylation is 1. The van der Waals surface area contributed by atoms with Crippen LogP contribution < -0.4 is 10.1 Å². The van der Waals surface area contributed by atoms with Crippen molar-refractivity contribution >= 4 is 0 Å². The number of ether oxygens (including phenoxy) is 1. The van der Waals surface area contributed by atoms with Crippen molar-refractivity contribution in [3.63, 3.8) is 0 Å². The number of hydrogen-bond donors (Lipinski definition) is 2. The Bertz CT molecular complexity index is 661. The van der Waals surface area contributed by atoms with E-state index < -0.39 is 6.10 Å². The average molecular weight is 341 g/mol. The molecule has 25 heavy (non-hydrogen) atoms. The standard InChI is InChI=1S/C22H31NO2/c1-16-11-12-21(20(13-16)22(3,4)5)25-15-19(24)14-23-17(2)18-9-7-6-8-10-18/h6-13,17,19,23-24H,14-15H2,1-5H3/t17-,19-/m0/s1. The van der Waals surface area contributed by atoms with Crippen LogP contribution in [0.4, 0.5) is 0 Å². The summed E-state index contributed by atoms with van der Waals surface area (Å²) in [6, 6.07) is 16.6. The van der Waals surface area contributed by atoms with E-state index in [-0.39, 0.29) is 18.1 Å². The molecule has 0 aromatic heterocycles. The lowest BCUT2D eigenvalue weighted by Crippen LogP contribution is -2.33. The van der Waals surface area contributed by atoms with Gasteiger partial charge in [-0.25, -0.2) is 0 Å². The van der Waals surface area contributed by atoms with E-state index >= 15 is 0 Å². The molecule has 0 heterocycles. The van der Waals surface area contributed by atoms with Crippen LogP contribution in [0.15, 0.2) is 48.5 Å². The summed E-state index contributed by atoms with van der Waals surface area (Å²) in [6.07, 6.45) is -0.555. The fraction of sp³-hybridized carbons (Fsp3) is 0.455. The zero-order chi connectivity index (χ0) is 18.4. The Hall–Kier alpha value is -1.84. The molecule has 0 bridgehead atoms. The topological polar surface area (TPSA) is 41.5 Å². The third kappa shape index (κ3) is 5.87. The summed E-state index contributed by atoms with van der Waals surface area (Å²) in [5.41, 5.74) is 3.61. The molecule has 0 radical (unpaired) electrons. The van der Waals surface area contributed by atoms with Gasteiger partial charge in [0.25, 0.3) is 0 Å². The molecule has 0 fully saturated rings. The van der Waals surface area contributed by atoms with Crippen molar-refractivity contribution in [2.24, 2.45) is 0 Å². The smallest absolute Gasteiger partial charge is 0.123 e. The zero-order valence-corrected chi connectivity index (χ0v) is 16.0. The molecule has 2 atom stereocenters. The number of nitrogens with one attached hydrogen (secondary N) is 1. The van der Waals surface area contributed by atoms with Gasteiger partial charge in [-0.2, -0.15) is 0 Å². The minimum absolute atomic E-state index is 0.00633. The first kappa shape index (κ1) is 19.5. The SMILES string of the molecule is Cc1ccc(OC[C@@H](O)CN[C@@H](C)c2ccccc2)c(C(C)(C)C)c1. The van der Waals surface area contributed by atoms with Gasteiger partial charge in [-0.3, -0.25) is 0 Å². The van der Waals surface area contributed by atoms with E-state index in [4.69, 9.17) is 4.74 Å². The number of benzene rings is 2. The Morgan fingerprint density at radius 3 is 2.40 bits per heavy atom. The fourth-order valence-electron chi connectivity index (χ4n) is 2.77. The molecule has 136 valence electrons. The summed E-state index contributed by atoms with van der Waals surface area (Å²) < 4.78 is 5.93. The van der Waals surface area contributed by atoms with Gasteiger partial charge >= 0.3 is 0 Å². The van der Waals surface area contributed by atoms with E-state index in [1.54, 1.807) is 0 Å². The van der Waals surface area contributed by atoms with Gasteiger partial charge in [-0.15, -0.1) is 0 Å². The molecule has 0 spiro atoms. The van der Waals surface area contributed by atoms with Crippen LogP contribution >= 0.6 is 0 Å². The summed E-state index contributed by atoms with van der Waals surface area (Å²) >= 11 is 0. The van der Waals surface area contributed by atoms with Crippen LogP contribution in [0, 0.1) is 6.92 Å². The lowest BCUT2D eigenvalue weighted by Gasteiger charge is -2.24. The summed E-state index contributed by atoms with van der Waals surface area (Å²) in [5.74, 6) is 0.855. The fourth-order valence-corrected chi connectivity index (χ4v) is 2.77. The highest BCUT2D eigenvalue weighted by Crippen LogP contribution is 2.32. The highest BCUT2D eigenvalue weighted by Gasteiger charge is 2.20. The molecular weight excluding hydrogens is 310 g/mol. The Balaban J connectivity index is 1.89. The third-order valence-electron chi connectivity index (χ3n) is 4.33. The van der Waals surface area contributed by atoms with Crippen LogP contribution in [0.25, 0.3) is 0 Å². The van der Waals surface area contributed by atoms with Crippen molar-refractivity contribution in [3.05, 3.63) is 65.2 Å². The van der Waals surface area contributed by atoms with Crippen LogP contribution in [-0.4, -0.2) is 24.4 Å². The first-order chi connectivity index (χ1) is 11.8. The molecule has 0 saturated heterocycles. The van der Waals surface area contributed by atoms with Crippen molar-refractivity contribution < 1.29 is 9.84 Å². The second kappa shape index (κ2) is 8.50. The normalized spacial score (nSPS) is 14.2. The van der Waals surface area contributed by atoms with Crippen LogP contribution in [-0.2, 0) is 5.41 Å². The predicted molar refractivity (Wildman–Crippen MR) is 104 cm³/mol. The summed E-state index contributed by atoms with van der Waals surface area (Å²) in [5, 5.41) is 13.6. The van der Waals surface area contributed by atoms with Gasteiger partial charge in [-0.1, -0.05) is 68.8 Å². The monoisotopic (exact) mass is 341 g/mol. The Morgan fingerprint density at radius 1 is 1.08 bits per heavy atom. The average Bonchev–Trinajstić information content (AvgIpc) is 2.58. The summed E-state index contributed by atoms with van der Waals surface area (Å²) in [6.45, 7) is 11.5. The van der Waals surface area contributed by atoms with E-state index in [2.05, 4.69) is 58.1 Å². The maximum atomic E-state index is 10.3. The summed E-state index contributed by atoms with van der Waals surface area (Å²) in [4.78, 5) is 0. The molecule has 2 aromatic carbocycles. The minimum Gasteiger partial charge on any atom is -0.491 e. The number of aliphatic hydroxyl groups is 1. The maximum Gasteiger partial charge on any atom is 0.123 e. The highest BCUT2D eigenvalue weighted by atomic mass is 16.5. The van der Waals surface area contributed by atoms with E-state index in [9.17, 15) is 5.11 Å². The number of rotatable bonds is 7. The molecule has 0 amide bonds. The lowest BCUT2D eigenvalue weighted by molar-refractivity contribution is 0.103. The van der Waals surface area contributed by atoms with Gasteiger partial charge in [0, 0.05) is 12.6 Å². The van der Waals surface area contributed by atoms with Crippen molar-refractivity contribution in [2.75, 3.05) is 13.2 Å². The quantitative estimate of drug-likeness (QED) is 0.785. The molecule has 2 rings (SSSR count). The van der Waals surface area contributed by atoms with Gasteiger partial charge in [0.2, 0.25) is 0 Å². The first-order valence-corrected chi connectivity index (χ1v) is 8.97. The number of aliphatic hydroxyl groups excluding tert-OH is 1. The van der Waals surface area contributed by atoms with E-state index in [1.165, 1.54) is 16.7 Å². The van der Waals surface area contributed by atoms with Gasteiger partial charge < -0.3 is 15.2 Å². The first-order valence-electron chi connectivity index (χ1n) is 8.97. The summed E-state index contributed by atoms with van der Waals surface area (Å²) in [7, 11) is 0. The van der Waals surface area contributed by atoms with Gasteiger partial charge in [0.1, 0.15) is 18.5 Å². The predicted octanol–water partition coefficient (Wildman–Crippen LogP) is 4.38. The Labute approximate surface area is 152 Å². The second-order valence-corrected chi connectivity index (χ2v) is 7.76. The van der Waals surface area contributed by atoms with Crippen LogP contribution in [0.3, 0.4) is 0 Å². The van der Waals surface area contributed by atoms with Crippen molar-refractivity contribution in [1.82, 2.24) is 5.32 Å². The maximum absolute atomic E-state index is 10.3. The van der Waals surface area contributed by atoms with Gasteiger partial charge in [0.05, 0.1) is 0 Å². The van der Waals surface area contributed by atoms with Crippen LogP contribution in [0.5, 0.6) is 5.75 Å². The van der Waals surface area contributed by atoms with E-state index in [0.29, 0.717) is 6.54 Å². The molecule has 3 heteroatoms. The molecule has 0 aliphatic rings. The molecule has 3 nitrogen and oxygen atoms in total.